The van der Waals surface area contributed by atoms with Gasteiger partial charge in [-0.3, -0.25) is 4.79 Å². The number of carbonyl (C=O) groups is 1. The van der Waals surface area contributed by atoms with Gasteiger partial charge >= 0.3 is 5.97 Å². The van der Waals surface area contributed by atoms with E-state index in [2.05, 4.69) is 10.3 Å². The van der Waals surface area contributed by atoms with E-state index < -0.39 is 11.4 Å². The molecule has 1 heterocycles. The van der Waals surface area contributed by atoms with Crippen molar-refractivity contribution < 1.29 is 14.3 Å². The maximum atomic E-state index is 13.4. The van der Waals surface area contributed by atoms with Crippen molar-refractivity contribution in [1.29, 1.82) is 0 Å². The molecule has 20 heavy (non-hydrogen) atoms. The Balaban J connectivity index is 2.21. The fourth-order valence-corrected chi connectivity index (χ4v) is 2.42. The maximum Gasteiger partial charge on any atom is 0.315 e. The minimum absolute atomic E-state index is 0.294. The Morgan fingerprint density at radius 1 is 1.45 bits per heavy atom. The molecule has 0 spiro atoms. The van der Waals surface area contributed by atoms with Crippen LogP contribution < -0.4 is 5.32 Å². The number of hydrogen-bond donors (Lipinski definition) is 2. The third-order valence-corrected chi connectivity index (χ3v) is 3.86. The Morgan fingerprint density at radius 3 is 2.75 bits per heavy atom. The number of carboxylic acid groups (broad SMARTS) is 1. The zero-order valence-corrected chi connectivity index (χ0v) is 12.2. The molecule has 0 saturated heterocycles. The lowest BCUT2D eigenvalue weighted by molar-refractivity contribution is -0.142. The number of aromatic nitrogens is 1. The molecule has 0 atom stereocenters. The van der Waals surface area contributed by atoms with E-state index in [9.17, 15) is 9.18 Å². The van der Waals surface area contributed by atoms with E-state index in [1.807, 2.05) is 0 Å². The van der Waals surface area contributed by atoms with Crippen molar-refractivity contribution in [2.45, 2.75) is 26.2 Å². The molecule has 2 rings (SSSR count). The average molecular weight is 294 g/mol. The molecular weight excluding hydrogens is 279 g/mol. The molecule has 0 bridgehead atoms. The minimum Gasteiger partial charge on any atom is -0.481 e. The Hall–Kier alpha value is -1.95. The van der Waals surface area contributed by atoms with Gasteiger partial charge in [0.25, 0.3) is 0 Å². The van der Waals surface area contributed by atoms with Crippen LogP contribution >= 0.6 is 11.3 Å². The molecule has 0 amide bonds. The van der Waals surface area contributed by atoms with Crippen LogP contribution in [0.25, 0.3) is 0 Å². The first-order chi connectivity index (χ1) is 9.30. The first-order valence-corrected chi connectivity index (χ1v) is 6.91. The van der Waals surface area contributed by atoms with Gasteiger partial charge in [0, 0.05) is 11.1 Å². The first kappa shape index (κ1) is 14.5. The van der Waals surface area contributed by atoms with Gasteiger partial charge in [0.05, 0.1) is 5.69 Å². The summed E-state index contributed by atoms with van der Waals surface area (Å²) in [5.74, 6) is -1.23. The molecule has 2 N–H and O–H groups in total. The van der Waals surface area contributed by atoms with E-state index in [0.717, 1.165) is 0 Å². The summed E-state index contributed by atoms with van der Waals surface area (Å²) in [7, 11) is 0. The Morgan fingerprint density at radius 2 is 2.15 bits per heavy atom. The predicted molar refractivity (Wildman–Crippen MR) is 77.2 cm³/mol. The number of thiazole rings is 1. The molecule has 0 saturated carbocycles. The zero-order valence-electron chi connectivity index (χ0n) is 11.4. The fraction of sp³-hybridized carbons (Fsp3) is 0.286. The summed E-state index contributed by atoms with van der Waals surface area (Å²) >= 11 is 1.29. The van der Waals surface area contributed by atoms with Crippen molar-refractivity contribution >= 4 is 28.1 Å². The number of nitrogens with one attached hydrogen (secondary N) is 1. The van der Waals surface area contributed by atoms with Gasteiger partial charge in [-0.25, -0.2) is 9.37 Å². The number of aliphatic carboxylic acids is 1. The summed E-state index contributed by atoms with van der Waals surface area (Å²) < 4.78 is 13.4. The van der Waals surface area contributed by atoms with Crippen LogP contribution in [0.15, 0.2) is 23.6 Å². The van der Waals surface area contributed by atoms with Crippen LogP contribution in [0.5, 0.6) is 0 Å². The molecule has 6 heteroatoms. The molecule has 0 aliphatic heterocycles. The number of benzene rings is 1. The van der Waals surface area contributed by atoms with Crippen LogP contribution in [0, 0.1) is 12.7 Å². The lowest BCUT2D eigenvalue weighted by Gasteiger charge is -2.15. The molecule has 0 unspecified atom stereocenters. The number of halogens is 1. The maximum absolute atomic E-state index is 13.4. The zero-order chi connectivity index (χ0) is 14.9. The first-order valence-electron chi connectivity index (χ1n) is 6.03. The molecule has 1 aromatic carbocycles. The number of carboxylic acids is 1. The van der Waals surface area contributed by atoms with E-state index in [1.54, 1.807) is 38.3 Å². The van der Waals surface area contributed by atoms with Crippen molar-refractivity contribution in [3.8, 4) is 0 Å². The molecule has 106 valence electrons. The highest BCUT2D eigenvalue weighted by Crippen LogP contribution is 2.29. The number of anilines is 2. The van der Waals surface area contributed by atoms with Crippen LogP contribution in [0.3, 0.4) is 0 Å². The van der Waals surface area contributed by atoms with Gasteiger partial charge in [-0.2, -0.15) is 0 Å². The van der Waals surface area contributed by atoms with Gasteiger partial charge < -0.3 is 10.4 Å². The average Bonchev–Trinajstić information content (AvgIpc) is 2.83. The second kappa shape index (κ2) is 5.20. The Labute approximate surface area is 120 Å². The number of rotatable bonds is 4. The topological polar surface area (TPSA) is 62.2 Å². The van der Waals surface area contributed by atoms with Crippen molar-refractivity contribution in [3.63, 3.8) is 0 Å². The number of hydrogen-bond acceptors (Lipinski definition) is 4. The number of aryl methyl sites for hydroxylation is 1. The van der Waals surface area contributed by atoms with Gasteiger partial charge in [-0.05, 0) is 38.5 Å². The van der Waals surface area contributed by atoms with Crippen molar-refractivity contribution in [3.05, 3.63) is 40.7 Å². The highest BCUT2D eigenvalue weighted by Gasteiger charge is 2.32. The largest absolute Gasteiger partial charge is 0.481 e. The van der Waals surface area contributed by atoms with Gasteiger partial charge in [-0.1, -0.05) is 6.07 Å². The summed E-state index contributed by atoms with van der Waals surface area (Å²) in [5, 5.41) is 14.4. The summed E-state index contributed by atoms with van der Waals surface area (Å²) in [5.41, 5.74) is 0.587. The van der Waals surface area contributed by atoms with Crippen LogP contribution in [0.1, 0.15) is 25.1 Å². The van der Waals surface area contributed by atoms with E-state index in [-0.39, 0.29) is 5.82 Å². The molecule has 1 aromatic heterocycles. The van der Waals surface area contributed by atoms with Crippen LogP contribution in [0.4, 0.5) is 15.2 Å². The third-order valence-electron chi connectivity index (χ3n) is 3.10. The molecule has 0 aliphatic carbocycles. The van der Waals surface area contributed by atoms with Crippen LogP contribution in [-0.4, -0.2) is 16.1 Å². The molecule has 0 fully saturated rings. The van der Waals surface area contributed by atoms with E-state index >= 15 is 0 Å². The standard InChI is InChI=1S/C14H15FN2O2S/c1-8-4-5-9(6-10(8)15)16-13-17-11(7-20-13)14(2,3)12(18)19/h4-7H,1-3H3,(H,16,17)(H,18,19). The van der Waals surface area contributed by atoms with Gasteiger partial charge in [0.2, 0.25) is 0 Å². The highest BCUT2D eigenvalue weighted by molar-refractivity contribution is 7.13. The smallest absolute Gasteiger partial charge is 0.315 e. The Kier molecular flexibility index (Phi) is 3.76. The van der Waals surface area contributed by atoms with Crippen molar-refractivity contribution in [1.82, 2.24) is 4.98 Å². The second-order valence-corrected chi connectivity index (χ2v) is 5.92. The minimum atomic E-state index is -1.05. The molecule has 0 aliphatic rings. The predicted octanol–water partition coefficient (Wildman–Crippen LogP) is 3.70. The molecule has 2 aromatic rings. The molecule has 0 radical (unpaired) electrons. The molecule has 4 nitrogen and oxygen atoms in total. The van der Waals surface area contributed by atoms with Gasteiger partial charge in [-0.15, -0.1) is 11.3 Å². The lowest BCUT2D eigenvalue weighted by Crippen LogP contribution is -2.28. The van der Waals surface area contributed by atoms with Gasteiger partial charge in [0.1, 0.15) is 11.2 Å². The summed E-state index contributed by atoms with van der Waals surface area (Å²) in [4.78, 5) is 15.4. The lowest BCUT2D eigenvalue weighted by atomic mass is 9.90. The van der Waals surface area contributed by atoms with Crippen LogP contribution in [0.2, 0.25) is 0 Å². The van der Waals surface area contributed by atoms with Crippen molar-refractivity contribution in [2.24, 2.45) is 0 Å². The van der Waals surface area contributed by atoms with E-state index in [1.165, 1.54) is 17.4 Å². The van der Waals surface area contributed by atoms with E-state index in [0.29, 0.717) is 22.1 Å². The monoisotopic (exact) mass is 294 g/mol. The normalized spacial score (nSPS) is 11.4. The second-order valence-electron chi connectivity index (χ2n) is 5.06. The quantitative estimate of drug-likeness (QED) is 0.902. The van der Waals surface area contributed by atoms with E-state index in [4.69, 9.17) is 5.11 Å². The van der Waals surface area contributed by atoms with Crippen LogP contribution in [-0.2, 0) is 10.2 Å². The SMILES string of the molecule is Cc1ccc(Nc2nc(C(C)(C)C(=O)O)cs2)cc1F. The summed E-state index contributed by atoms with van der Waals surface area (Å²) in [6, 6.07) is 4.81. The number of nitrogens with zero attached hydrogens (tertiary/aromatic N) is 1. The Bertz CT molecular complexity index is 652. The summed E-state index contributed by atoms with van der Waals surface area (Å²) in [6.45, 7) is 4.88. The fourth-order valence-electron chi connectivity index (χ4n) is 1.52. The summed E-state index contributed by atoms with van der Waals surface area (Å²) in [6.07, 6.45) is 0. The van der Waals surface area contributed by atoms with Crippen molar-refractivity contribution in [2.75, 3.05) is 5.32 Å². The highest BCUT2D eigenvalue weighted by atomic mass is 32.1. The van der Waals surface area contributed by atoms with Gasteiger partial charge in [0.15, 0.2) is 5.13 Å². The third kappa shape index (κ3) is 2.80. The molecular formula is C14H15FN2O2S.